The third kappa shape index (κ3) is 11.4. The van der Waals surface area contributed by atoms with Crippen molar-refractivity contribution in [3.63, 3.8) is 0 Å². The summed E-state index contributed by atoms with van der Waals surface area (Å²) in [6.07, 6.45) is 0. The molecule has 0 atom stereocenters. The van der Waals surface area contributed by atoms with Gasteiger partial charge in [0.2, 0.25) is 0 Å². The number of aromatic nitrogens is 8. The molecule has 14 heteroatoms. The highest BCUT2D eigenvalue weighted by atomic mass is 32.1. The lowest BCUT2D eigenvalue weighted by molar-refractivity contribution is 1.26. The Morgan fingerprint density at radius 2 is 0.434 bits per heavy atom. The van der Waals surface area contributed by atoms with Crippen molar-refractivity contribution in [1.29, 1.82) is 0 Å². The van der Waals surface area contributed by atoms with Crippen molar-refractivity contribution in [1.82, 2.24) is 37.4 Å². The van der Waals surface area contributed by atoms with Crippen molar-refractivity contribution in [2.75, 3.05) is 19.6 Å². The first-order chi connectivity index (χ1) is 52.6. The van der Waals surface area contributed by atoms with E-state index >= 15 is 0 Å². The molecule has 20 aromatic rings. The van der Waals surface area contributed by atoms with Gasteiger partial charge in [-0.25, -0.2) is 19.9 Å². The van der Waals surface area contributed by atoms with Crippen molar-refractivity contribution in [2.24, 2.45) is 0 Å². The Morgan fingerprint density at radius 3 is 0.774 bits per heavy atom. The maximum Gasteiger partial charge on any atom is 0.133 e. The van der Waals surface area contributed by atoms with Gasteiger partial charge in [0.25, 0.3) is 0 Å². The van der Waals surface area contributed by atoms with Gasteiger partial charge in [-0.05, 0) is 155 Å². The molecule has 0 aliphatic rings. The predicted octanol–water partition coefficient (Wildman–Crippen LogP) is 25.1. The van der Waals surface area contributed by atoms with Crippen molar-refractivity contribution >= 4 is 179 Å². The van der Waals surface area contributed by atoms with E-state index in [2.05, 4.69) is 335 Å². The summed E-state index contributed by atoms with van der Waals surface area (Å²) < 4.78 is 20.0. The molecular formula is C92H60N12S2. The molecule has 0 saturated heterocycles. The van der Waals surface area contributed by atoms with E-state index < -0.39 is 0 Å². The minimum Gasteiger partial charge on any atom is -0.311 e. The third-order valence-corrected chi connectivity index (χ3v) is 20.4. The minimum atomic E-state index is 0.743. The van der Waals surface area contributed by atoms with E-state index in [4.69, 9.17) is 37.4 Å². The molecule has 0 amide bonds. The second-order valence-corrected chi connectivity index (χ2v) is 26.7. The molecule has 12 nitrogen and oxygen atoms in total. The van der Waals surface area contributed by atoms with Crippen LogP contribution in [-0.4, -0.2) is 37.4 Å². The number of para-hydroxylation sites is 8. The largest absolute Gasteiger partial charge is 0.311 e. The maximum absolute atomic E-state index is 5.54. The molecule has 16 aromatic carbocycles. The van der Waals surface area contributed by atoms with Crippen LogP contribution in [0.2, 0.25) is 0 Å². The van der Waals surface area contributed by atoms with Crippen LogP contribution < -0.4 is 19.6 Å². The molecule has 0 fully saturated rings. The van der Waals surface area contributed by atoms with Gasteiger partial charge in [-0.2, -0.15) is 17.5 Å². The van der Waals surface area contributed by atoms with E-state index in [1.807, 2.05) is 48.5 Å². The van der Waals surface area contributed by atoms with Crippen molar-refractivity contribution < 1.29 is 0 Å². The molecule has 500 valence electrons. The smallest absolute Gasteiger partial charge is 0.133 e. The maximum atomic E-state index is 5.54. The van der Waals surface area contributed by atoms with Crippen LogP contribution in [0.1, 0.15) is 0 Å². The quantitative estimate of drug-likeness (QED) is 0.0586. The van der Waals surface area contributed by atoms with E-state index in [0.29, 0.717) is 0 Å². The second kappa shape index (κ2) is 27.5. The molecule has 4 heterocycles. The summed E-state index contributed by atoms with van der Waals surface area (Å²) in [5.74, 6) is 0. The molecule has 20 rings (SSSR count). The van der Waals surface area contributed by atoms with E-state index in [1.54, 1.807) is 0 Å². The monoisotopic (exact) mass is 1400 g/mol. The molecule has 0 aliphatic carbocycles. The highest BCUT2D eigenvalue weighted by Gasteiger charge is 2.31. The van der Waals surface area contributed by atoms with Crippen molar-refractivity contribution in [3.05, 3.63) is 364 Å². The lowest BCUT2D eigenvalue weighted by Crippen LogP contribution is -2.15. The first kappa shape index (κ1) is 63.0. The fraction of sp³-hybridized carbons (Fsp3) is 0. The van der Waals surface area contributed by atoms with E-state index in [1.165, 1.54) is 23.5 Å². The summed E-state index contributed by atoms with van der Waals surface area (Å²) in [5.41, 5.74) is 25.4. The van der Waals surface area contributed by atoms with Crippen molar-refractivity contribution in [3.8, 4) is 22.3 Å². The molecule has 0 unspecified atom stereocenters. The van der Waals surface area contributed by atoms with Gasteiger partial charge in [0, 0.05) is 78.8 Å². The molecule has 4 aromatic heterocycles. The number of hydrogen-bond donors (Lipinski definition) is 0. The van der Waals surface area contributed by atoms with Crippen LogP contribution in [0.5, 0.6) is 0 Å². The van der Waals surface area contributed by atoms with Crippen LogP contribution in [0.25, 0.3) is 110 Å². The topological polar surface area (TPSA) is 116 Å². The zero-order valence-corrected chi connectivity index (χ0v) is 58.5. The standard InChI is InChI=1S/C52H34N6S.C40H26N6S/c1-5-16-38(17-6-1)57(39-18-7-2-8-19-39)42-30-25-36(26-31-42)46-49-50(54-48-44-24-14-13-15-35(44)29-34-45(48)53-49)47(52-51(46)55-59-56-52)37-27-32-43(33-28-37)58(40-20-9-3-10-21-40)41-22-11-4-12-23-41;1-5-16-28(17-6-1)45(29-18-7-2-8-19-29)39-35-36(42-34-32-24-14-13-15-27(32)25-26-33(34)41-35)40(38-37(39)43-47-44-38)46(30-20-9-3-10-21-30)31-22-11-4-12-23-31/h1-34H;1-26H. The van der Waals surface area contributed by atoms with Gasteiger partial charge in [-0.1, -0.05) is 231 Å². The zero-order chi connectivity index (χ0) is 70.3. The Bertz CT molecular complexity index is 6410. The van der Waals surface area contributed by atoms with Crippen LogP contribution >= 0.6 is 23.5 Å². The molecule has 0 radical (unpaired) electrons. The number of anilines is 12. The molecule has 0 bridgehead atoms. The summed E-state index contributed by atoms with van der Waals surface area (Å²) >= 11 is 2.43. The summed E-state index contributed by atoms with van der Waals surface area (Å²) in [6, 6.07) is 126. The lowest BCUT2D eigenvalue weighted by Gasteiger charge is -2.30. The number of benzene rings is 16. The fourth-order valence-corrected chi connectivity index (χ4v) is 15.7. The zero-order valence-electron chi connectivity index (χ0n) is 56.8. The Balaban J connectivity index is 0.000000149. The molecule has 0 aliphatic heterocycles. The Kier molecular flexibility index (Phi) is 16.3. The third-order valence-electron chi connectivity index (χ3n) is 19.3. The van der Waals surface area contributed by atoms with E-state index in [9.17, 15) is 0 Å². The second-order valence-electron chi connectivity index (χ2n) is 25.6. The number of fused-ring (bicyclic) bond motifs is 10. The summed E-state index contributed by atoms with van der Waals surface area (Å²) in [4.78, 5) is 31.0. The lowest BCUT2D eigenvalue weighted by atomic mass is 9.94. The summed E-state index contributed by atoms with van der Waals surface area (Å²) in [5, 5.41) is 4.35. The Morgan fingerprint density at radius 1 is 0.179 bits per heavy atom. The average molecular weight is 1400 g/mol. The SMILES string of the molecule is c1ccc(N(c2ccccc2)c2c3nsnc3c(N(c3ccccc3)c3ccccc3)c3nc4c(ccc5ccccc54)nc23)cc1.c1ccc(N(c2ccccc2)c2ccc(-c3c4nsnc4c(-c4ccc(N(c5ccccc5)c5ccccc5)cc4)c4nc5c(ccc6ccccc65)nc34)cc2)cc1. The van der Waals surface area contributed by atoms with Crippen LogP contribution in [-0.2, 0) is 0 Å². The van der Waals surface area contributed by atoms with Gasteiger partial charge in [-0.15, -0.1) is 0 Å². The molecule has 0 N–H and O–H groups in total. The van der Waals surface area contributed by atoms with Gasteiger partial charge in [0.1, 0.15) is 55.5 Å². The van der Waals surface area contributed by atoms with Crippen LogP contribution in [0.4, 0.5) is 68.2 Å². The van der Waals surface area contributed by atoms with E-state index in [-0.39, 0.29) is 0 Å². The molecule has 106 heavy (non-hydrogen) atoms. The normalized spacial score (nSPS) is 11.4. The average Bonchev–Trinajstić information content (AvgIpc) is 1.26. The number of nitrogens with zero attached hydrogens (tertiary/aromatic N) is 12. The molecular weight excluding hydrogens is 1340 g/mol. The minimum absolute atomic E-state index is 0.743. The predicted molar refractivity (Wildman–Crippen MR) is 441 cm³/mol. The highest BCUT2D eigenvalue weighted by Crippen LogP contribution is 2.51. The van der Waals surface area contributed by atoms with Gasteiger partial charge in [0.05, 0.1) is 45.5 Å². The van der Waals surface area contributed by atoms with Gasteiger partial charge >= 0.3 is 0 Å². The first-order valence-corrected chi connectivity index (χ1v) is 36.5. The molecule has 0 saturated carbocycles. The first-order valence-electron chi connectivity index (χ1n) is 35.0. The fourth-order valence-electron chi connectivity index (χ4n) is 14.6. The van der Waals surface area contributed by atoms with Crippen LogP contribution in [0.3, 0.4) is 0 Å². The summed E-state index contributed by atoms with van der Waals surface area (Å²) in [6.45, 7) is 0. The van der Waals surface area contributed by atoms with Crippen LogP contribution in [0.15, 0.2) is 364 Å². The van der Waals surface area contributed by atoms with Gasteiger partial charge < -0.3 is 19.6 Å². The van der Waals surface area contributed by atoms with Crippen molar-refractivity contribution in [2.45, 2.75) is 0 Å². The summed E-state index contributed by atoms with van der Waals surface area (Å²) in [7, 11) is 0. The van der Waals surface area contributed by atoms with E-state index in [0.717, 1.165) is 178 Å². The van der Waals surface area contributed by atoms with Crippen LogP contribution in [0, 0.1) is 0 Å². The molecule has 0 spiro atoms. The number of rotatable bonds is 14. The Labute approximate surface area is 618 Å². The Hall–Kier alpha value is -13.9. The van der Waals surface area contributed by atoms with Gasteiger partial charge in [0.15, 0.2) is 0 Å². The highest BCUT2D eigenvalue weighted by molar-refractivity contribution is 7.00. The number of hydrogen-bond acceptors (Lipinski definition) is 14. The van der Waals surface area contributed by atoms with Gasteiger partial charge in [-0.3, -0.25) is 0 Å².